The second-order valence-corrected chi connectivity index (χ2v) is 14.9. The molecular weight excluding hydrogens is 661 g/mol. The van der Waals surface area contributed by atoms with Gasteiger partial charge in [0.25, 0.3) is 0 Å². The summed E-state index contributed by atoms with van der Waals surface area (Å²) in [6.07, 6.45) is 45.7. The Balaban J connectivity index is 3.89. The first-order valence-corrected chi connectivity index (χ1v) is 22.1. The minimum atomic E-state index is -4.27. The molecule has 2 unspecified atom stereocenters. The summed E-state index contributed by atoms with van der Waals surface area (Å²) < 4.78 is 33.3. The quantitative estimate of drug-likeness (QED) is 0.0277. The summed E-state index contributed by atoms with van der Waals surface area (Å²) in [4.78, 5) is 22.3. The molecule has 0 spiro atoms. The van der Waals surface area contributed by atoms with Crippen molar-refractivity contribution >= 4 is 13.8 Å². The van der Waals surface area contributed by atoms with E-state index in [4.69, 9.17) is 24.3 Å². The van der Waals surface area contributed by atoms with E-state index in [1.807, 2.05) is 0 Å². The summed E-state index contributed by atoms with van der Waals surface area (Å²) >= 11 is 0. The molecule has 0 rings (SSSR count). The monoisotopic (exact) mass is 740 g/mol. The van der Waals surface area contributed by atoms with Crippen molar-refractivity contribution in [3.05, 3.63) is 48.6 Å². The lowest BCUT2D eigenvalue weighted by Crippen LogP contribution is -2.28. The smallest absolute Gasteiger partial charge is 0.457 e. The molecule has 8 nitrogen and oxygen atoms in total. The van der Waals surface area contributed by atoms with Gasteiger partial charge in [0.1, 0.15) is 6.10 Å². The average molecular weight is 740 g/mol. The maximum Gasteiger partial charge on any atom is 0.472 e. The number of phosphoric ester groups is 1. The molecule has 0 aliphatic carbocycles. The Labute approximate surface area is 313 Å². The number of hydrogen-bond acceptors (Lipinski definition) is 7. The normalized spacial score (nSPS) is 14.0. The third kappa shape index (κ3) is 39.5. The van der Waals surface area contributed by atoms with Gasteiger partial charge in [0.15, 0.2) is 0 Å². The molecule has 0 aromatic heterocycles. The number of rotatable bonds is 39. The summed E-state index contributed by atoms with van der Waals surface area (Å²) in [6, 6.07) is 0. The van der Waals surface area contributed by atoms with Crippen molar-refractivity contribution in [3.63, 3.8) is 0 Å². The Morgan fingerprint density at radius 2 is 1.10 bits per heavy atom. The van der Waals surface area contributed by atoms with Crippen LogP contribution in [0.2, 0.25) is 0 Å². The number of hydrogen-bond donors (Lipinski definition) is 2. The van der Waals surface area contributed by atoms with E-state index in [0.717, 1.165) is 57.8 Å². The minimum absolute atomic E-state index is 0.0963. The zero-order valence-electron chi connectivity index (χ0n) is 32.8. The van der Waals surface area contributed by atoms with Gasteiger partial charge in [-0.25, -0.2) is 4.57 Å². The first-order valence-electron chi connectivity index (χ1n) is 20.6. The molecule has 0 bridgehead atoms. The van der Waals surface area contributed by atoms with E-state index in [2.05, 4.69) is 62.5 Å². The van der Waals surface area contributed by atoms with Crippen molar-refractivity contribution in [2.75, 3.05) is 33.0 Å². The highest BCUT2D eigenvalue weighted by Gasteiger charge is 2.25. The highest BCUT2D eigenvalue weighted by molar-refractivity contribution is 7.47. The number of phosphoric acid groups is 1. The molecule has 0 fully saturated rings. The van der Waals surface area contributed by atoms with E-state index in [1.54, 1.807) is 0 Å². The molecule has 0 amide bonds. The van der Waals surface area contributed by atoms with Gasteiger partial charge >= 0.3 is 13.8 Å². The number of unbranched alkanes of at least 4 members (excludes halogenated alkanes) is 18. The number of nitrogens with two attached hydrogens (primary N) is 1. The standard InChI is InChI=1S/C42H78NO7P/c1-3-5-7-9-11-13-14-15-16-17-18-19-20-21-22-23-24-25-26-27-28-30-32-34-37-47-39-41(40-49-51(45,46)48-38-36-43)50-42(44)35-33-31-29-12-10-8-6-4-2/h5,7,11,13,15-16,18-19,41H,3-4,6,8-10,12,14,17,20-40,43H2,1-2H3,(H,45,46)/b7-5-,13-11-,16-15-,19-18-. The lowest BCUT2D eigenvalue weighted by atomic mass is 10.1. The van der Waals surface area contributed by atoms with Crippen molar-refractivity contribution in [1.82, 2.24) is 0 Å². The van der Waals surface area contributed by atoms with E-state index >= 15 is 0 Å². The molecule has 0 aromatic carbocycles. The lowest BCUT2D eigenvalue weighted by Gasteiger charge is -2.20. The van der Waals surface area contributed by atoms with Crippen LogP contribution < -0.4 is 5.73 Å². The van der Waals surface area contributed by atoms with E-state index < -0.39 is 13.9 Å². The van der Waals surface area contributed by atoms with Crippen molar-refractivity contribution < 1.29 is 32.8 Å². The van der Waals surface area contributed by atoms with E-state index in [-0.39, 0.29) is 32.3 Å². The molecule has 0 aliphatic heterocycles. The molecule has 51 heavy (non-hydrogen) atoms. The van der Waals surface area contributed by atoms with Crippen LogP contribution in [-0.2, 0) is 27.9 Å². The summed E-state index contributed by atoms with van der Waals surface area (Å²) in [6.45, 7) is 4.77. The highest BCUT2D eigenvalue weighted by Crippen LogP contribution is 2.43. The fourth-order valence-corrected chi connectivity index (χ4v) is 6.28. The number of carbonyl (C=O) groups is 1. The predicted molar refractivity (Wildman–Crippen MR) is 215 cm³/mol. The molecule has 298 valence electrons. The molecule has 9 heteroatoms. The van der Waals surface area contributed by atoms with E-state index in [9.17, 15) is 14.3 Å². The maximum absolute atomic E-state index is 12.5. The van der Waals surface area contributed by atoms with Crippen molar-refractivity contribution in [2.45, 2.75) is 180 Å². The molecule has 0 heterocycles. The van der Waals surface area contributed by atoms with Crippen LogP contribution in [0.3, 0.4) is 0 Å². The van der Waals surface area contributed by atoms with Gasteiger partial charge in [-0.3, -0.25) is 13.8 Å². The largest absolute Gasteiger partial charge is 0.472 e. The zero-order valence-corrected chi connectivity index (χ0v) is 33.7. The van der Waals surface area contributed by atoms with Crippen LogP contribution in [0.15, 0.2) is 48.6 Å². The van der Waals surface area contributed by atoms with Crippen LogP contribution in [0, 0.1) is 0 Å². The highest BCUT2D eigenvalue weighted by atomic mass is 31.2. The number of esters is 1. The van der Waals surface area contributed by atoms with Gasteiger partial charge in [-0.1, -0.05) is 165 Å². The second kappa shape index (κ2) is 39.7. The number of allylic oxidation sites excluding steroid dienone is 8. The molecule has 0 aliphatic rings. The summed E-state index contributed by atoms with van der Waals surface area (Å²) in [5, 5.41) is 0. The molecule has 0 radical (unpaired) electrons. The van der Waals surface area contributed by atoms with Crippen molar-refractivity contribution in [3.8, 4) is 0 Å². The van der Waals surface area contributed by atoms with Gasteiger partial charge in [0.2, 0.25) is 0 Å². The van der Waals surface area contributed by atoms with Crippen LogP contribution >= 0.6 is 7.82 Å². The van der Waals surface area contributed by atoms with Gasteiger partial charge in [-0.15, -0.1) is 0 Å². The maximum atomic E-state index is 12.5. The predicted octanol–water partition coefficient (Wildman–Crippen LogP) is 12.0. The fraction of sp³-hybridized carbons (Fsp3) is 0.786. The third-order valence-corrected chi connectivity index (χ3v) is 9.49. The third-order valence-electron chi connectivity index (χ3n) is 8.51. The summed E-state index contributed by atoms with van der Waals surface area (Å²) in [5.74, 6) is -0.337. The Morgan fingerprint density at radius 1 is 0.608 bits per heavy atom. The van der Waals surface area contributed by atoms with Gasteiger partial charge in [-0.05, 0) is 51.4 Å². The van der Waals surface area contributed by atoms with Gasteiger partial charge < -0.3 is 20.1 Å². The topological polar surface area (TPSA) is 117 Å². The first kappa shape index (κ1) is 49.5. The van der Waals surface area contributed by atoms with Crippen molar-refractivity contribution in [1.29, 1.82) is 0 Å². The zero-order chi connectivity index (χ0) is 37.4. The molecule has 0 saturated carbocycles. The SMILES string of the molecule is CC/C=C\C/C=C\C/C=C\C/C=C\CCCCCCCCCCCCCOCC(COP(=O)(O)OCCN)OC(=O)CCCCCCCCCC. The molecule has 3 N–H and O–H groups in total. The van der Waals surface area contributed by atoms with Crippen LogP contribution in [0.25, 0.3) is 0 Å². The molecule has 2 atom stereocenters. The van der Waals surface area contributed by atoms with E-state index in [0.29, 0.717) is 13.0 Å². The van der Waals surface area contributed by atoms with Crippen LogP contribution in [0.5, 0.6) is 0 Å². The number of ether oxygens (including phenoxy) is 2. The lowest BCUT2D eigenvalue weighted by molar-refractivity contribution is -0.154. The Hall–Kier alpha value is -1.54. The first-order chi connectivity index (χ1) is 24.9. The van der Waals surface area contributed by atoms with Gasteiger partial charge in [0.05, 0.1) is 19.8 Å². The Morgan fingerprint density at radius 3 is 1.65 bits per heavy atom. The fourth-order valence-electron chi connectivity index (χ4n) is 5.52. The second-order valence-electron chi connectivity index (χ2n) is 13.5. The number of carbonyl (C=O) groups excluding carboxylic acids is 1. The van der Waals surface area contributed by atoms with Crippen LogP contribution in [0.1, 0.15) is 174 Å². The van der Waals surface area contributed by atoms with Gasteiger partial charge in [-0.2, -0.15) is 0 Å². The molecule has 0 saturated heterocycles. The van der Waals surface area contributed by atoms with Crippen LogP contribution in [0.4, 0.5) is 0 Å². The van der Waals surface area contributed by atoms with Crippen LogP contribution in [-0.4, -0.2) is 49.9 Å². The van der Waals surface area contributed by atoms with Crippen molar-refractivity contribution in [2.24, 2.45) is 5.73 Å². The summed E-state index contributed by atoms with van der Waals surface area (Å²) in [7, 11) is -4.27. The summed E-state index contributed by atoms with van der Waals surface area (Å²) in [5.41, 5.74) is 5.35. The van der Waals surface area contributed by atoms with E-state index in [1.165, 1.54) is 96.3 Å². The molecule has 0 aromatic rings. The Kier molecular flexibility index (Phi) is 38.5. The van der Waals surface area contributed by atoms with Gasteiger partial charge in [0, 0.05) is 19.6 Å². The minimum Gasteiger partial charge on any atom is -0.457 e. The molecular formula is C42H78NO7P. The average Bonchev–Trinajstić information content (AvgIpc) is 3.12. The Bertz CT molecular complexity index is 921.